The summed E-state index contributed by atoms with van der Waals surface area (Å²) in [5.74, 6) is 0.0853. The van der Waals surface area contributed by atoms with Crippen molar-refractivity contribution in [2.45, 2.75) is 46.6 Å². The average molecular weight is 260 g/mol. The van der Waals surface area contributed by atoms with Gasteiger partial charge in [0.05, 0.1) is 6.04 Å². The first-order valence-electron chi connectivity index (χ1n) is 7.02. The van der Waals surface area contributed by atoms with Gasteiger partial charge in [0.15, 0.2) is 0 Å². The second-order valence-corrected chi connectivity index (χ2v) is 6.24. The fraction of sp³-hybridized carbons (Fsp3) is 0.562. The predicted octanol–water partition coefficient (Wildman–Crippen LogP) is 3.02. The standard InChI is InChI=1S/C16H24N2O/c1-11-7-5-8-12(2)13(11)18-15(19)14-16(3,4)9-6-10-17-14/h5,7-8,14,17H,6,9-10H2,1-4H3,(H,18,19). The number of carbonyl (C=O) groups excluding carboxylic acids is 1. The molecule has 1 fully saturated rings. The summed E-state index contributed by atoms with van der Waals surface area (Å²) >= 11 is 0. The average Bonchev–Trinajstić information content (AvgIpc) is 2.33. The number of carbonyl (C=O) groups is 1. The molecule has 2 rings (SSSR count). The molecule has 3 heteroatoms. The van der Waals surface area contributed by atoms with Crippen molar-refractivity contribution in [1.29, 1.82) is 0 Å². The number of aryl methyl sites for hydroxylation is 2. The third-order valence-electron chi connectivity index (χ3n) is 4.12. The van der Waals surface area contributed by atoms with Crippen LogP contribution in [0.5, 0.6) is 0 Å². The van der Waals surface area contributed by atoms with E-state index < -0.39 is 0 Å². The van der Waals surface area contributed by atoms with E-state index in [9.17, 15) is 4.79 Å². The molecule has 1 aliphatic heterocycles. The number of anilines is 1. The summed E-state index contributed by atoms with van der Waals surface area (Å²) in [5, 5.41) is 6.46. The van der Waals surface area contributed by atoms with Gasteiger partial charge in [-0.1, -0.05) is 32.0 Å². The van der Waals surface area contributed by atoms with Gasteiger partial charge >= 0.3 is 0 Å². The molecule has 0 aliphatic carbocycles. The van der Waals surface area contributed by atoms with Gasteiger partial charge in [-0.2, -0.15) is 0 Å². The minimum absolute atomic E-state index is 0.0128. The summed E-state index contributed by atoms with van der Waals surface area (Å²) in [6, 6.07) is 5.97. The lowest BCUT2D eigenvalue weighted by molar-refractivity contribution is -0.121. The Kier molecular flexibility index (Phi) is 3.95. The summed E-state index contributed by atoms with van der Waals surface area (Å²) in [6.07, 6.45) is 2.23. The van der Waals surface area contributed by atoms with E-state index in [1.54, 1.807) is 0 Å². The molecule has 1 aliphatic rings. The molecule has 1 amide bonds. The summed E-state index contributed by atoms with van der Waals surface area (Å²) in [7, 11) is 0. The van der Waals surface area contributed by atoms with Crippen LogP contribution in [0.25, 0.3) is 0 Å². The minimum atomic E-state index is -0.111. The van der Waals surface area contributed by atoms with E-state index in [2.05, 4.69) is 24.5 Å². The molecule has 0 saturated carbocycles. The van der Waals surface area contributed by atoms with Crippen LogP contribution in [0.15, 0.2) is 18.2 Å². The van der Waals surface area contributed by atoms with E-state index in [1.807, 2.05) is 32.0 Å². The maximum absolute atomic E-state index is 12.5. The number of para-hydroxylation sites is 1. The number of hydrogen-bond donors (Lipinski definition) is 2. The van der Waals surface area contributed by atoms with Crippen LogP contribution in [0.4, 0.5) is 5.69 Å². The molecular weight excluding hydrogens is 236 g/mol. The zero-order chi connectivity index (χ0) is 14.0. The lowest BCUT2D eigenvalue weighted by Gasteiger charge is -2.38. The van der Waals surface area contributed by atoms with Crippen molar-refractivity contribution in [3.05, 3.63) is 29.3 Å². The normalized spacial score (nSPS) is 22.0. The Bertz CT molecular complexity index is 459. The van der Waals surface area contributed by atoms with Crippen LogP contribution in [0, 0.1) is 19.3 Å². The van der Waals surface area contributed by atoms with Crippen molar-refractivity contribution in [1.82, 2.24) is 5.32 Å². The van der Waals surface area contributed by atoms with Crippen molar-refractivity contribution in [2.24, 2.45) is 5.41 Å². The Morgan fingerprint density at radius 1 is 1.32 bits per heavy atom. The molecular formula is C16H24N2O. The number of rotatable bonds is 2. The van der Waals surface area contributed by atoms with Gasteiger partial charge in [0.25, 0.3) is 0 Å². The highest BCUT2D eigenvalue weighted by atomic mass is 16.2. The number of benzene rings is 1. The van der Waals surface area contributed by atoms with Crippen molar-refractivity contribution >= 4 is 11.6 Å². The first kappa shape index (κ1) is 14.1. The van der Waals surface area contributed by atoms with Gasteiger partial charge in [-0.3, -0.25) is 4.79 Å². The molecule has 1 heterocycles. The third kappa shape index (κ3) is 2.98. The summed E-state index contributed by atoms with van der Waals surface area (Å²) < 4.78 is 0. The van der Waals surface area contributed by atoms with Crippen LogP contribution >= 0.6 is 0 Å². The van der Waals surface area contributed by atoms with E-state index in [1.165, 1.54) is 0 Å². The first-order chi connectivity index (χ1) is 8.92. The molecule has 0 radical (unpaired) electrons. The monoisotopic (exact) mass is 260 g/mol. The van der Waals surface area contributed by atoms with Gasteiger partial charge in [-0.25, -0.2) is 0 Å². The van der Waals surface area contributed by atoms with Crippen molar-refractivity contribution in [3.63, 3.8) is 0 Å². The quantitative estimate of drug-likeness (QED) is 0.858. The van der Waals surface area contributed by atoms with Crippen LogP contribution in [0.3, 0.4) is 0 Å². The second kappa shape index (κ2) is 5.33. The van der Waals surface area contributed by atoms with Gasteiger partial charge in [0, 0.05) is 5.69 Å². The van der Waals surface area contributed by atoms with E-state index in [0.29, 0.717) is 0 Å². The Hall–Kier alpha value is -1.35. The number of hydrogen-bond acceptors (Lipinski definition) is 2. The van der Waals surface area contributed by atoms with Crippen LogP contribution in [-0.2, 0) is 4.79 Å². The molecule has 1 unspecified atom stereocenters. The molecule has 2 N–H and O–H groups in total. The Balaban J connectivity index is 2.17. The van der Waals surface area contributed by atoms with Crippen molar-refractivity contribution in [3.8, 4) is 0 Å². The summed E-state index contributed by atoms with van der Waals surface area (Å²) in [6.45, 7) is 9.31. The Morgan fingerprint density at radius 3 is 2.53 bits per heavy atom. The smallest absolute Gasteiger partial charge is 0.242 e. The molecule has 3 nitrogen and oxygen atoms in total. The minimum Gasteiger partial charge on any atom is -0.324 e. The number of amides is 1. The molecule has 104 valence electrons. The molecule has 0 bridgehead atoms. The van der Waals surface area contributed by atoms with Crippen LogP contribution < -0.4 is 10.6 Å². The van der Waals surface area contributed by atoms with Crippen LogP contribution in [0.1, 0.15) is 37.8 Å². The fourth-order valence-electron chi connectivity index (χ4n) is 2.87. The van der Waals surface area contributed by atoms with Crippen molar-refractivity contribution < 1.29 is 4.79 Å². The lowest BCUT2D eigenvalue weighted by Crippen LogP contribution is -2.53. The summed E-state index contributed by atoms with van der Waals surface area (Å²) in [4.78, 5) is 12.5. The van der Waals surface area contributed by atoms with Crippen molar-refractivity contribution in [2.75, 3.05) is 11.9 Å². The Labute approximate surface area is 115 Å². The predicted molar refractivity (Wildman–Crippen MR) is 79.4 cm³/mol. The highest BCUT2D eigenvalue weighted by Crippen LogP contribution is 2.31. The maximum Gasteiger partial charge on any atom is 0.242 e. The van der Waals surface area contributed by atoms with Gasteiger partial charge < -0.3 is 10.6 Å². The lowest BCUT2D eigenvalue weighted by atomic mass is 9.77. The molecule has 0 aromatic heterocycles. The topological polar surface area (TPSA) is 41.1 Å². The van der Waals surface area contributed by atoms with Crippen LogP contribution in [-0.4, -0.2) is 18.5 Å². The molecule has 19 heavy (non-hydrogen) atoms. The number of nitrogens with one attached hydrogen (secondary N) is 2. The Morgan fingerprint density at radius 2 is 1.95 bits per heavy atom. The van der Waals surface area contributed by atoms with Gasteiger partial charge in [0.2, 0.25) is 5.91 Å². The molecule has 1 saturated heterocycles. The second-order valence-electron chi connectivity index (χ2n) is 6.24. The SMILES string of the molecule is Cc1cccc(C)c1NC(=O)C1NCCCC1(C)C. The first-order valence-corrected chi connectivity index (χ1v) is 7.02. The van der Waals surface area contributed by atoms with E-state index in [4.69, 9.17) is 0 Å². The van der Waals surface area contributed by atoms with Crippen LogP contribution in [0.2, 0.25) is 0 Å². The zero-order valence-electron chi connectivity index (χ0n) is 12.3. The van der Waals surface area contributed by atoms with Gasteiger partial charge in [-0.15, -0.1) is 0 Å². The third-order valence-corrected chi connectivity index (χ3v) is 4.12. The van der Waals surface area contributed by atoms with Gasteiger partial charge in [0.1, 0.15) is 0 Å². The molecule has 0 spiro atoms. The molecule has 1 aromatic rings. The fourth-order valence-corrected chi connectivity index (χ4v) is 2.87. The zero-order valence-corrected chi connectivity index (χ0v) is 12.3. The summed E-state index contributed by atoms with van der Waals surface area (Å²) in [5.41, 5.74) is 3.19. The van der Waals surface area contributed by atoms with E-state index >= 15 is 0 Å². The highest BCUT2D eigenvalue weighted by molar-refractivity contribution is 5.96. The largest absolute Gasteiger partial charge is 0.324 e. The maximum atomic E-state index is 12.5. The van der Waals surface area contributed by atoms with E-state index in [-0.39, 0.29) is 17.4 Å². The highest BCUT2D eigenvalue weighted by Gasteiger charge is 2.37. The van der Waals surface area contributed by atoms with E-state index in [0.717, 1.165) is 36.2 Å². The molecule has 1 aromatic carbocycles. The van der Waals surface area contributed by atoms with Gasteiger partial charge in [-0.05, 0) is 49.8 Å². The molecule has 1 atom stereocenters. The number of piperidine rings is 1.